The fourth-order valence-electron chi connectivity index (χ4n) is 2.24. The first-order valence-electron chi connectivity index (χ1n) is 7.22. The summed E-state index contributed by atoms with van der Waals surface area (Å²) in [5.41, 5.74) is 5.40. The second-order valence-corrected chi connectivity index (χ2v) is 5.15. The molecule has 1 fully saturated rings. The molecule has 6 N–H and O–H groups in total. The normalized spacial score (nSPS) is 32.9. The highest BCUT2D eigenvalue weighted by Crippen LogP contribution is 2.22. The number of nitrogens with one attached hydrogen (secondary N) is 1. The molecule has 124 valence electrons. The van der Waals surface area contributed by atoms with Gasteiger partial charge in [0.15, 0.2) is 6.29 Å². The van der Waals surface area contributed by atoms with Crippen molar-refractivity contribution in [1.29, 1.82) is 0 Å². The first kappa shape index (κ1) is 18.3. The van der Waals surface area contributed by atoms with E-state index in [-0.39, 0.29) is 5.91 Å². The third kappa shape index (κ3) is 5.50. The van der Waals surface area contributed by atoms with Crippen LogP contribution < -0.4 is 11.1 Å². The molecule has 0 unspecified atom stereocenters. The minimum absolute atomic E-state index is 0.367. The molecular formula is C13H26N2O6. The minimum atomic E-state index is -1.29. The first-order chi connectivity index (χ1) is 10.0. The summed E-state index contributed by atoms with van der Waals surface area (Å²) in [6.07, 6.45) is -1.85. The molecule has 0 saturated carbocycles. The molecule has 8 nitrogen and oxygen atoms in total. The first-order valence-corrected chi connectivity index (χ1v) is 7.22. The number of ether oxygens (including phenoxy) is 2. The molecule has 21 heavy (non-hydrogen) atoms. The van der Waals surface area contributed by atoms with Crippen LogP contribution >= 0.6 is 0 Å². The average Bonchev–Trinajstić information content (AvgIpc) is 2.45. The van der Waals surface area contributed by atoms with Crippen molar-refractivity contribution in [1.82, 2.24) is 5.32 Å². The Bertz CT molecular complexity index is 317. The van der Waals surface area contributed by atoms with Crippen LogP contribution in [0.25, 0.3) is 0 Å². The average molecular weight is 306 g/mol. The Morgan fingerprint density at radius 2 is 2.00 bits per heavy atom. The van der Waals surface area contributed by atoms with E-state index in [9.17, 15) is 15.0 Å². The Balaban J connectivity index is 2.58. The number of hydrogen-bond acceptors (Lipinski definition) is 7. The molecular weight excluding hydrogens is 280 g/mol. The van der Waals surface area contributed by atoms with Crippen LogP contribution in [0.3, 0.4) is 0 Å². The van der Waals surface area contributed by atoms with Gasteiger partial charge in [-0.1, -0.05) is 0 Å². The molecule has 1 amide bonds. The standard InChI is InChI=1S/C13H26N2O6/c1-8(17)15-10-12(19)11(18)9(7-16)21-13(10)20-6-4-2-3-5-14/h9-13,16,18-19H,2-7,14H2,1H3,(H,15,17)/t9-,10+,11+,12-,13-/m1/s1. The number of nitrogens with two attached hydrogens (primary N) is 1. The molecule has 0 bridgehead atoms. The Morgan fingerprint density at radius 1 is 1.29 bits per heavy atom. The number of amides is 1. The highest BCUT2D eigenvalue weighted by atomic mass is 16.7. The van der Waals surface area contributed by atoms with E-state index in [4.69, 9.17) is 20.3 Å². The molecule has 1 saturated heterocycles. The molecule has 0 aliphatic carbocycles. The summed E-state index contributed by atoms with van der Waals surface area (Å²) in [6.45, 7) is 1.85. The molecule has 0 spiro atoms. The maximum absolute atomic E-state index is 11.2. The van der Waals surface area contributed by atoms with Crippen molar-refractivity contribution < 1.29 is 29.6 Å². The molecule has 0 aromatic carbocycles. The van der Waals surface area contributed by atoms with E-state index in [0.717, 1.165) is 19.3 Å². The molecule has 1 aliphatic rings. The van der Waals surface area contributed by atoms with Gasteiger partial charge < -0.3 is 35.8 Å². The third-order valence-corrected chi connectivity index (χ3v) is 3.38. The molecule has 1 aliphatic heterocycles. The van der Waals surface area contributed by atoms with Crippen molar-refractivity contribution in [2.45, 2.75) is 56.8 Å². The smallest absolute Gasteiger partial charge is 0.217 e. The van der Waals surface area contributed by atoms with Crippen molar-refractivity contribution in [2.75, 3.05) is 19.8 Å². The second-order valence-electron chi connectivity index (χ2n) is 5.15. The summed E-state index contributed by atoms with van der Waals surface area (Å²) in [5, 5.41) is 31.5. The van der Waals surface area contributed by atoms with Gasteiger partial charge in [0.25, 0.3) is 0 Å². The van der Waals surface area contributed by atoms with E-state index in [0.29, 0.717) is 13.2 Å². The quantitative estimate of drug-likeness (QED) is 0.330. The maximum atomic E-state index is 11.2. The van der Waals surface area contributed by atoms with Crippen LogP contribution in [-0.2, 0) is 14.3 Å². The lowest BCUT2D eigenvalue weighted by atomic mass is 9.97. The SMILES string of the molecule is CC(=O)N[C@@H]1[C@H](OCCCCCN)O[C@H](CO)[C@H](O)[C@@H]1O. The number of rotatable bonds is 8. The summed E-state index contributed by atoms with van der Waals surface area (Å²) in [6, 6.07) is -0.880. The predicted octanol–water partition coefficient (Wildman–Crippen LogP) is -1.92. The molecule has 0 radical (unpaired) electrons. The zero-order chi connectivity index (χ0) is 15.8. The summed E-state index contributed by atoms with van der Waals surface area (Å²) >= 11 is 0. The van der Waals surface area contributed by atoms with Gasteiger partial charge in [-0.05, 0) is 25.8 Å². The van der Waals surface area contributed by atoms with Gasteiger partial charge in [0.2, 0.25) is 5.91 Å². The fraction of sp³-hybridized carbons (Fsp3) is 0.923. The van der Waals surface area contributed by atoms with Crippen molar-refractivity contribution >= 4 is 5.91 Å². The monoisotopic (exact) mass is 306 g/mol. The van der Waals surface area contributed by atoms with E-state index in [1.54, 1.807) is 0 Å². The van der Waals surface area contributed by atoms with Crippen LogP contribution in [0.4, 0.5) is 0 Å². The van der Waals surface area contributed by atoms with E-state index < -0.39 is 37.3 Å². The van der Waals surface area contributed by atoms with Crippen LogP contribution in [0, 0.1) is 0 Å². The van der Waals surface area contributed by atoms with Gasteiger partial charge in [0, 0.05) is 13.5 Å². The van der Waals surface area contributed by atoms with Gasteiger partial charge in [-0.25, -0.2) is 0 Å². The van der Waals surface area contributed by atoms with Crippen molar-refractivity contribution in [3.63, 3.8) is 0 Å². The van der Waals surface area contributed by atoms with Gasteiger partial charge in [-0.15, -0.1) is 0 Å². The minimum Gasteiger partial charge on any atom is -0.394 e. The summed E-state index contributed by atoms with van der Waals surface area (Å²) in [5.74, 6) is -0.367. The lowest BCUT2D eigenvalue weighted by molar-refractivity contribution is -0.270. The summed E-state index contributed by atoms with van der Waals surface area (Å²) < 4.78 is 11.0. The summed E-state index contributed by atoms with van der Waals surface area (Å²) in [7, 11) is 0. The lowest BCUT2D eigenvalue weighted by Crippen LogP contribution is -2.64. The Hall–Kier alpha value is -0.770. The van der Waals surface area contributed by atoms with Gasteiger partial charge in [-0.2, -0.15) is 0 Å². The van der Waals surface area contributed by atoms with Crippen molar-refractivity contribution in [3.8, 4) is 0 Å². The molecule has 1 heterocycles. The predicted molar refractivity (Wildman–Crippen MR) is 74.2 cm³/mol. The van der Waals surface area contributed by atoms with Crippen LogP contribution in [0.1, 0.15) is 26.2 Å². The number of carbonyl (C=O) groups excluding carboxylic acids is 1. The largest absolute Gasteiger partial charge is 0.394 e. The Morgan fingerprint density at radius 3 is 2.57 bits per heavy atom. The van der Waals surface area contributed by atoms with E-state index >= 15 is 0 Å². The highest BCUT2D eigenvalue weighted by Gasteiger charge is 2.45. The zero-order valence-corrected chi connectivity index (χ0v) is 12.3. The van der Waals surface area contributed by atoms with Crippen LogP contribution in [0.5, 0.6) is 0 Å². The highest BCUT2D eigenvalue weighted by molar-refractivity contribution is 5.73. The Labute approximate surface area is 124 Å². The van der Waals surface area contributed by atoms with Crippen molar-refractivity contribution in [2.24, 2.45) is 5.73 Å². The molecule has 1 rings (SSSR count). The van der Waals surface area contributed by atoms with Crippen LogP contribution in [0.2, 0.25) is 0 Å². The Kier molecular flexibility index (Phi) is 8.09. The number of hydrogen-bond donors (Lipinski definition) is 5. The molecule has 8 heteroatoms. The van der Waals surface area contributed by atoms with Gasteiger partial charge >= 0.3 is 0 Å². The van der Waals surface area contributed by atoms with E-state index in [1.165, 1.54) is 6.92 Å². The van der Waals surface area contributed by atoms with Gasteiger partial charge in [0.1, 0.15) is 24.4 Å². The summed E-state index contributed by atoms with van der Waals surface area (Å²) in [4.78, 5) is 11.2. The molecule has 5 atom stereocenters. The van der Waals surface area contributed by atoms with Crippen molar-refractivity contribution in [3.05, 3.63) is 0 Å². The molecule has 0 aromatic heterocycles. The van der Waals surface area contributed by atoms with Crippen LogP contribution in [-0.4, -0.2) is 71.6 Å². The van der Waals surface area contributed by atoms with Gasteiger partial charge in [0.05, 0.1) is 6.61 Å². The topological polar surface area (TPSA) is 134 Å². The fourth-order valence-corrected chi connectivity index (χ4v) is 2.24. The van der Waals surface area contributed by atoms with Crippen LogP contribution in [0.15, 0.2) is 0 Å². The zero-order valence-electron chi connectivity index (χ0n) is 12.3. The van der Waals surface area contributed by atoms with E-state index in [1.807, 2.05) is 0 Å². The van der Waals surface area contributed by atoms with Gasteiger partial charge in [-0.3, -0.25) is 4.79 Å². The number of unbranched alkanes of at least 4 members (excludes halogenated alkanes) is 2. The molecule has 0 aromatic rings. The lowest BCUT2D eigenvalue weighted by Gasteiger charge is -2.42. The third-order valence-electron chi connectivity index (χ3n) is 3.38. The number of aliphatic hydroxyl groups excluding tert-OH is 3. The van der Waals surface area contributed by atoms with E-state index in [2.05, 4.69) is 5.32 Å². The second kappa shape index (κ2) is 9.29. The number of carbonyl (C=O) groups is 1. The number of aliphatic hydroxyl groups is 3. The maximum Gasteiger partial charge on any atom is 0.217 e.